The van der Waals surface area contributed by atoms with Crippen LogP contribution in [0.1, 0.15) is 43.4 Å². The van der Waals surface area contributed by atoms with E-state index in [1.165, 1.54) is 24.8 Å². The molecule has 2 aromatic rings. The second kappa shape index (κ2) is 6.40. The average molecular weight is 414 g/mol. The Morgan fingerprint density at radius 3 is 2.69 bits per heavy atom. The van der Waals surface area contributed by atoms with Crippen LogP contribution in [0.3, 0.4) is 0 Å². The maximum atomic E-state index is 9.39. The SMILES string of the molecule is C=C1Nc2c(Cl)cc3cc(CN4C[C@@H]5C(CO)[C@@H]5C4)oc3c2C2(CCCCC2)N1. The van der Waals surface area contributed by atoms with E-state index in [1.54, 1.807) is 0 Å². The molecule has 5 nitrogen and oxygen atoms in total. The molecule has 3 atom stereocenters. The van der Waals surface area contributed by atoms with Gasteiger partial charge in [0.05, 0.1) is 28.6 Å². The van der Waals surface area contributed by atoms with E-state index in [1.807, 2.05) is 6.07 Å². The lowest BCUT2D eigenvalue weighted by Gasteiger charge is -2.44. The first-order chi connectivity index (χ1) is 14.1. The summed E-state index contributed by atoms with van der Waals surface area (Å²) in [5.74, 6) is 3.71. The number of anilines is 1. The first-order valence-corrected chi connectivity index (χ1v) is 11.3. The molecule has 2 aliphatic heterocycles. The molecule has 4 aliphatic rings. The molecule has 2 saturated carbocycles. The van der Waals surface area contributed by atoms with Crippen LogP contribution in [-0.2, 0) is 12.1 Å². The van der Waals surface area contributed by atoms with Gasteiger partial charge in [0, 0.05) is 30.6 Å². The first-order valence-electron chi connectivity index (χ1n) is 10.9. The van der Waals surface area contributed by atoms with E-state index in [0.29, 0.717) is 24.4 Å². The lowest BCUT2D eigenvalue weighted by Crippen LogP contribution is -2.48. The number of benzene rings is 1. The van der Waals surface area contributed by atoms with Crippen molar-refractivity contribution in [2.75, 3.05) is 25.0 Å². The highest BCUT2D eigenvalue weighted by atomic mass is 35.5. The van der Waals surface area contributed by atoms with Gasteiger partial charge in [0.25, 0.3) is 0 Å². The zero-order chi connectivity index (χ0) is 19.8. The molecular weight excluding hydrogens is 386 g/mol. The molecule has 0 bridgehead atoms. The van der Waals surface area contributed by atoms with Gasteiger partial charge >= 0.3 is 0 Å². The van der Waals surface area contributed by atoms with Crippen LogP contribution in [-0.4, -0.2) is 29.7 Å². The van der Waals surface area contributed by atoms with Crippen molar-refractivity contribution in [3.63, 3.8) is 0 Å². The van der Waals surface area contributed by atoms with Gasteiger partial charge in [-0.3, -0.25) is 4.90 Å². The van der Waals surface area contributed by atoms with E-state index in [0.717, 1.165) is 65.7 Å². The van der Waals surface area contributed by atoms with Crippen molar-refractivity contribution in [2.24, 2.45) is 17.8 Å². The third-order valence-corrected chi connectivity index (χ3v) is 8.00. The second-order valence-electron chi connectivity index (χ2n) is 9.48. The van der Waals surface area contributed by atoms with Crippen LogP contribution in [0.5, 0.6) is 0 Å². The molecule has 1 saturated heterocycles. The normalized spacial score (nSPS) is 30.1. The molecule has 6 heteroatoms. The van der Waals surface area contributed by atoms with Crippen molar-refractivity contribution in [3.05, 3.63) is 40.9 Å². The third-order valence-electron chi connectivity index (χ3n) is 7.70. The summed E-state index contributed by atoms with van der Waals surface area (Å²) in [4.78, 5) is 2.46. The fraction of sp³-hybridized carbons (Fsp3) is 0.565. The zero-order valence-electron chi connectivity index (χ0n) is 16.6. The number of hydrogen-bond acceptors (Lipinski definition) is 5. The molecule has 154 valence electrons. The Balaban J connectivity index is 1.37. The standard InChI is InChI=1S/C23H28ClN3O2/c1-13-25-21-19(24)8-14-7-15(9-27-10-16-17(11-27)18(16)12-28)29-22(14)20(21)23(26-13)5-3-2-4-6-23/h7-8,16-18,25-26,28H,1-6,9-12H2/t16-,17+,18?. The fourth-order valence-electron chi connectivity index (χ4n) is 6.28. The second-order valence-corrected chi connectivity index (χ2v) is 9.89. The topological polar surface area (TPSA) is 60.7 Å². The zero-order valence-corrected chi connectivity index (χ0v) is 17.4. The summed E-state index contributed by atoms with van der Waals surface area (Å²) in [5.41, 5.74) is 2.96. The molecule has 0 radical (unpaired) electrons. The van der Waals surface area contributed by atoms with Crippen LogP contribution in [0.2, 0.25) is 5.02 Å². The van der Waals surface area contributed by atoms with Gasteiger partial charge in [0.15, 0.2) is 0 Å². The largest absolute Gasteiger partial charge is 0.459 e. The molecule has 1 aromatic carbocycles. The summed E-state index contributed by atoms with van der Waals surface area (Å²) >= 11 is 6.72. The first kappa shape index (κ1) is 18.1. The van der Waals surface area contributed by atoms with Crippen molar-refractivity contribution in [1.29, 1.82) is 0 Å². The maximum absolute atomic E-state index is 9.39. The molecule has 0 amide bonds. The quantitative estimate of drug-likeness (QED) is 0.696. The van der Waals surface area contributed by atoms with E-state index in [2.05, 4.69) is 28.2 Å². The lowest BCUT2D eigenvalue weighted by atomic mass is 9.74. The minimum absolute atomic E-state index is 0.141. The Bertz CT molecular complexity index is 982. The molecule has 1 spiro atoms. The molecule has 1 unspecified atom stereocenters. The van der Waals surface area contributed by atoms with Gasteiger partial charge in [-0.2, -0.15) is 0 Å². The van der Waals surface area contributed by atoms with Gasteiger partial charge in [-0.25, -0.2) is 0 Å². The highest BCUT2D eigenvalue weighted by molar-refractivity contribution is 6.34. The molecule has 2 aliphatic carbocycles. The van der Waals surface area contributed by atoms with Gasteiger partial charge < -0.3 is 20.2 Å². The smallest absolute Gasteiger partial charge is 0.142 e. The number of nitrogens with zero attached hydrogens (tertiary/aromatic N) is 1. The highest BCUT2D eigenvalue weighted by Gasteiger charge is 2.55. The number of rotatable bonds is 3. The van der Waals surface area contributed by atoms with Crippen LogP contribution < -0.4 is 10.6 Å². The summed E-state index contributed by atoms with van der Waals surface area (Å²) < 4.78 is 6.49. The number of nitrogens with one attached hydrogen (secondary N) is 2. The molecule has 6 rings (SSSR count). The molecule has 29 heavy (non-hydrogen) atoms. The Hall–Kier alpha value is -1.69. The Morgan fingerprint density at radius 2 is 1.97 bits per heavy atom. The molecule has 3 heterocycles. The van der Waals surface area contributed by atoms with Crippen LogP contribution in [0.15, 0.2) is 28.9 Å². The number of furan rings is 1. The number of aliphatic hydroxyl groups excluding tert-OH is 1. The Labute approximate surface area is 176 Å². The number of halogens is 1. The van der Waals surface area contributed by atoms with Crippen LogP contribution in [0.4, 0.5) is 5.69 Å². The minimum atomic E-state index is -0.141. The number of piperidine rings is 1. The average Bonchev–Trinajstić information content (AvgIpc) is 2.99. The van der Waals surface area contributed by atoms with Gasteiger partial charge in [0.2, 0.25) is 0 Å². The summed E-state index contributed by atoms with van der Waals surface area (Å²) in [6, 6.07) is 4.18. The van der Waals surface area contributed by atoms with Crippen molar-refractivity contribution < 1.29 is 9.52 Å². The minimum Gasteiger partial charge on any atom is -0.459 e. The number of likely N-dealkylation sites (tertiary alicyclic amines) is 1. The molecule has 3 N–H and O–H groups in total. The van der Waals surface area contributed by atoms with E-state index in [9.17, 15) is 5.11 Å². The van der Waals surface area contributed by atoms with Crippen molar-refractivity contribution in [3.8, 4) is 0 Å². The van der Waals surface area contributed by atoms with Crippen LogP contribution >= 0.6 is 11.6 Å². The Morgan fingerprint density at radius 1 is 1.21 bits per heavy atom. The predicted molar refractivity (Wildman–Crippen MR) is 115 cm³/mol. The van der Waals surface area contributed by atoms with Gasteiger partial charge in [0.1, 0.15) is 11.3 Å². The summed E-state index contributed by atoms with van der Waals surface area (Å²) in [6.07, 6.45) is 5.82. The number of fused-ring (bicyclic) bond motifs is 5. The van der Waals surface area contributed by atoms with Gasteiger partial charge in [-0.1, -0.05) is 37.4 Å². The monoisotopic (exact) mass is 413 g/mol. The third kappa shape index (κ3) is 2.74. The van der Waals surface area contributed by atoms with E-state index in [-0.39, 0.29) is 5.54 Å². The van der Waals surface area contributed by atoms with E-state index in [4.69, 9.17) is 16.0 Å². The highest BCUT2D eigenvalue weighted by Crippen LogP contribution is 2.52. The molecule has 3 fully saturated rings. The summed E-state index contributed by atoms with van der Waals surface area (Å²) in [7, 11) is 0. The van der Waals surface area contributed by atoms with Crippen molar-refractivity contribution >= 4 is 28.3 Å². The fourth-order valence-corrected chi connectivity index (χ4v) is 6.54. The van der Waals surface area contributed by atoms with Gasteiger partial charge in [-0.15, -0.1) is 0 Å². The molecule has 1 aromatic heterocycles. The van der Waals surface area contributed by atoms with Crippen molar-refractivity contribution in [2.45, 2.75) is 44.2 Å². The van der Waals surface area contributed by atoms with Crippen molar-refractivity contribution in [1.82, 2.24) is 10.2 Å². The van der Waals surface area contributed by atoms with E-state index >= 15 is 0 Å². The summed E-state index contributed by atoms with van der Waals surface area (Å²) in [5, 5.41) is 18.2. The molecular formula is C23H28ClN3O2. The number of hydrogen-bond donors (Lipinski definition) is 3. The maximum Gasteiger partial charge on any atom is 0.142 e. The number of aliphatic hydroxyl groups is 1. The van der Waals surface area contributed by atoms with E-state index < -0.39 is 0 Å². The van der Waals surface area contributed by atoms with Crippen LogP contribution in [0, 0.1) is 17.8 Å². The summed E-state index contributed by atoms with van der Waals surface area (Å²) in [6.45, 7) is 7.45. The predicted octanol–water partition coefficient (Wildman–Crippen LogP) is 4.40. The Kier molecular flexibility index (Phi) is 4.00. The lowest BCUT2D eigenvalue weighted by molar-refractivity contribution is 0.210. The van der Waals surface area contributed by atoms with Crippen LogP contribution in [0.25, 0.3) is 11.0 Å². The van der Waals surface area contributed by atoms with Gasteiger partial charge in [-0.05, 0) is 42.7 Å².